The second kappa shape index (κ2) is 10.7. The van der Waals surface area contributed by atoms with Crippen LogP contribution in [0.4, 0.5) is 0 Å². The molecule has 0 spiro atoms. The molecule has 1 aliphatic heterocycles. The Morgan fingerprint density at radius 1 is 0.933 bits per heavy atom. The number of nitrogens with one attached hydrogen (secondary N) is 1. The van der Waals surface area contributed by atoms with Crippen molar-refractivity contribution in [3.63, 3.8) is 0 Å². The van der Waals surface area contributed by atoms with Crippen molar-refractivity contribution in [1.82, 2.24) is 5.32 Å². The Balaban J connectivity index is 3.67. The van der Waals surface area contributed by atoms with Crippen molar-refractivity contribution >= 4 is 5.97 Å². The highest BCUT2D eigenvalue weighted by atomic mass is 16.5. The summed E-state index contributed by atoms with van der Waals surface area (Å²) in [5.41, 5.74) is -2.74. The first-order valence-corrected chi connectivity index (χ1v) is 11.3. The molecule has 1 heterocycles. The fourth-order valence-corrected chi connectivity index (χ4v) is 6.33. The lowest BCUT2D eigenvalue weighted by Crippen LogP contribution is -2.67. The molecule has 7 heteroatoms. The Morgan fingerprint density at radius 2 is 1.40 bits per heavy atom. The summed E-state index contributed by atoms with van der Waals surface area (Å²) in [6.07, 6.45) is -0.510. The van der Waals surface area contributed by atoms with Crippen LogP contribution in [0.15, 0.2) is 0 Å². The van der Waals surface area contributed by atoms with E-state index < -0.39 is 48.3 Å². The van der Waals surface area contributed by atoms with E-state index in [0.717, 1.165) is 0 Å². The monoisotopic (exact) mass is 431 g/mol. The maximum atomic E-state index is 14.1. The molecule has 1 aliphatic rings. The summed E-state index contributed by atoms with van der Waals surface area (Å²) in [6, 6.07) is 0. The van der Waals surface area contributed by atoms with Crippen LogP contribution < -0.4 is 5.32 Å². The molecule has 0 aromatic rings. The number of ether oxygens (including phenoxy) is 2. The summed E-state index contributed by atoms with van der Waals surface area (Å²) in [5, 5.41) is 32.5. The molecule has 0 aromatic carbocycles. The topological polar surface area (TPSA) is 108 Å². The summed E-state index contributed by atoms with van der Waals surface area (Å²) >= 11 is 0. The first-order chi connectivity index (χ1) is 13.9. The number of rotatable bonds is 12. The number of hydrogen-bond acceptors (Lipinski definition) is 7. The molecule has 178 valence electrons. The van der Waals surface area contributed by atoms with Gasteiger partial charge in [-0.25, -0.2) is 0 Å². The van der Waals surface area contributed by atoms with E-state index in [1.807, 2.05) is 13.8 Å². The van der Waals surface area contributed by atoms with Gasteiger partial charge in [-0.15, -0.1) is 0 Å². The number of carbonyl (C=O) groups is 1. The Hall–Kier alpha value is -0.730. The molecule has 0 aromatic heterocycles. The molecule has 30 heavy (non-hydrogen) atoms. The zero-order valence-electron chi connectivity index (χ0n) is 20.2. The molecular formula is C23H45NO6. The van der Waals surface area contributed by atoms with Crippen molar-refractivity contribution in [2.75, 3.05) is 39.6 Å². The van der Waals surface area contributed by atoms with Gasteiger partial charge in [-0.05, 0) is 29.1 Å². The van der Waals surface area contributed by atoms with Gasteiger partial charge in [0.2, 0.25) is 0 Å². The highest BCUT2D eigenvalue weighted by Gasteiger charge is 2.67. The quantitative estimate of drug-likeness (QED) is 0.350. The van der Waals surface area contributed by atoms with Gasteiger partial charge in [0, 0.05) is 6.54 Å². The van der Waals surface area contributed by atoms with Gasteiger partial charge in [0.1, 0.15) is 18.2 Å². The van der Waals surface area contributed by atoms with Crippen LogP contribution in [0.3, 0.4) is 0 Å². The van der Waals surface area contributed by atoms with Crippen LogP contribution in [-0.4, -0.2) is 67.1 Å². The standard InChI is InChI=1S/C23H45NO6/c1-15(2)22(16(3)4,17(5)6)23(18(7)8,19-24-9-10-29-19)20(28)30-14-21(11-25,12-26)13-27/h15-19,24-27H,9-14H2,1-8H3. The van der Waals surface area contributed by atoms with Crippen LogP contribution in [0.2, 0.25) is 0 Å². The number of hydrogen-bond donors (Lipinski definition) is 4. The molecule has 0 saturated carbocycles. The fraction of sp³-hybridized carbons (Fsp3) is 0.957. The normalized spacial score (nSPS) is 20.4. The van der Waals surface area contributed by atoms with E-state index in [1.165, 1.54) is 0 Å². The predicted molar refractivity (Wildman–Crippen MR) is 117 cm³/mol. The minimum Gasteiger partial charge on any atom is -0.464 e. The van der Waals surface area contributed by atoms with Crippen molar-refractivity contribution in [2.45, 2.75) is 61.6 Å². The molecule has 0 aliphatic carbocycles. The van der Waals surface area contributed by atoms with Crippen LogP contribution in [-0.2, 0) is 14.3 Å². The van der Waals surface area contributed by atoms with E-state index in [2.05, 4.69) is 46.9 Å². The third-order valence-corrected chi connectivity index (χ3v) is 7.48. The predicted octanol–water partition coefficient (Wildman–Crippen LogP) is 2.04. The first kappa shape index (κ1) is 27.3. The lowest BCUT2D eigenvalue weighted by atomic mass is 9.44. The van der Waals surface area contributed by atoms with Gasteiger partial charge in [0.05, 0.1) is 31.8 Å². The second-order valence-corrected chi connectivity index (χ2v) is 10.2. The van der Waals surface area contributed by atoms with E-state index in [4.69, 9.17) is 9.47 Å². The Labute approximate surface area is 182 Å². The van der Waals surface area contributed by atoms with Crippen molar-refractivity contribution in [3.8, 4) is 0 Å². The average Bonchev–Trinajstić information content (AvgIpc) is 3.20. The van der Waals surface area contributed by atoms with E-state index in [-0.39, 0.29) is 30.3 Å². The summed E-state index contributed by atoms with van der Waals surface area (Å²) in [7, 11) is 0. The number of aliphatic hydroxyl groups is 3. The Kier molecular flexibility index (Phi) is 9.76. The maximum Gasteiger partial charge on any atom is 0.317 e. The van der Waals surface area contributed by atoms with Crippen molar-refractivity contribution in [2.24, 2.45) is 39.9 Å². The van der Waals surface area contributed by atoms with Crippen LogP contribution in [0.25, 0.3) is 0 Å². The van der Waals surface area contributed by atoms with Crippen LogP contribution in [0, 0.1) is 39.9 Å². The summed E-state index contributed by atoms with van der Waals surface area (Å²) in [4.78, 5) is 14.1. The molecule has 4 N–H and O–H groups in total. The number of esters is 1. The van der Waals surface area contributed by atoms with Crippen LogP contribution in [0.1, 0.15) is 55.4 Å². The Morgan fingerprint density at radius 3 is 1.70 bits per heavy atom. The molecular weight excluding hydrogens is 386 g/mol. The lowest BCUT2D eigenvalue weighted by molar-refractivity contribution is -0.222. The second-order valence-electron chi connectivity index (χ2n) is 10.2. The molecule has 1 rings (SSSR count). The van der Waals surface area contributed by atoms with E-state index in [0.29, 0.717) is 13.2 Å². The number of aliphatic hydroxyl groups excluding tert-OH is 3. The highest BCUT2D eigenvalue weighted by molar-refractivity contribution is 5.79. The molecule has 0 amide bonds. The molecule has 2 unspecified atom stereocenters. The van der Waals surface area contributed by atoms with E-state index in [1.54, 1.807) is 0 Å². The minimum absolute atomic E-state index is 0.112. The fourth-order valence-electron chi connectivity index (χ4n) is 6.33. The lowest BCUT2D eigenvalue weighted by Gasteiger charge is -2.60. The van der Waals surface area contributed by atoms with Crippen molar-refractivity contribution in [1.29, 1.82) is 0 Å². The maximum absolute atomic E-state index is 14.1. The summed E-state index contributed by atoms with van der Waals surface area (Å²) < 4.78 is 11.9. The minimum atomic E-state index is -1.28. The zero-order chi connectivity index (χ0) is 23.3. The average molecular weight is 432 g/mol. The first-order valence-electron chi connectivity index (χ1n) is 11.3. The SMILES string of the molecule is CC(C)C(C(=O)OCC(CO)(CO)CO)(C1NCCO1)C(C(C)C)(C(C)C)C(C)C. The largest absolute Gasteiger partial charge is 0.464 e. The van der Waals surface area contributed by atoms with Crippen molar-refractivity contribution in [3.05, 3.63) is 0 Å². The van der Waals surface area contributed by atoms with Gasteiger partial charge in [0.15, 0.2) is 0 Å². The molecule has 1 fully saturated rings. The molecule has 2 atom stereocenters. The molecule has 0 bridgehead atoms. The van der Waals surface area contributed by atoms with E-state index >= 15 is 0 Å². The van der Waals surface area contributed by atoms with Gasteiger partial charge in [-0.2, -0.15) is 0 Å². The van der Waals surface area contributed by atoms with Gasteiger partial charge in [-0.3, -0.25) is 10.1 Å². The number of carbonyl (C=O) groups excluding carboxylic acids is 1. The van der Waals surface area contributed by atoms with Crippen LogP contribution >= 0.6 is 0 Å². The third-order valence-electron chi connectivity index (χ3n) is 7.48. The van der Waals surface area contributed by atoms with Gasteiger partial charge >= 0.3 is 5.97 Å². The van der Waals surface area contributed by atoms with Crippen molar-refractivity contribution < 1.29 is 29.6 Å². The summed E-state index contributed by atoms with van der Waals surface area (Å²) in [6.45, 7) is 16.4. The van der Waals surface area contributed by atoms with Gasteiger partial charge < -0.3 is 24.8 Å². The molecule has 0 radical (unpaired) electrons. The van der Waals surface area contributed by atoms with E-state index in [9.17, 15) is 20.1 Å². The molecule has 7 nitrogen and oxygen atoms in total. The zero-order valence-corrected chi connectivity index (χ0v) is 20.2. The smallest absolute Gasteiger partial charge is 0.317 e. The Bertz CT molecular complexity index is 508. The summed E-state index contributed by atoms with van der Waals surface area (Å²) in [5.74, 6) is -0.0718. The van der Waals surface area contributed by atoms with Gasteiger partial charge in [0.25, 0.3) is 0 Å². The molecule has 1 saturated heterocycles. The highest BCUT2D eigenvalue weighted by Crippen LogP contribution is 2.61. The van der Waals surface area contributed by atoms with Crippen LogP contribution in [0.5, 0.6) is 0 Å². The van der Waals surface area contributed by atoms with Gasteiger partial charge in [-0.1, -0.05) is 55.4 Å². The third kappa shape index (κ3) is 4.29.